The van der Waals surface area contributed by atoms with Crippen LogP contribution in [-0.4, -0.2) is 32.9 Å². The van der Waals surface area contributed by atoms with Gasteiger partial charge in [-0.2, -0.15) is 5.26 Å². The van der Waals surface area contributed by atoms with Gasteiger partial charge < -0.3 is 18.9 Å². The van der Waals surface area contributed by atoms with E-state index in [9.17, 15) is 10.1 Å². The number of rotatable bonds is 11. The van der Waals surface area contributed by atoms with Crippen LogP contribution in [0.25, 0.3) is 6.08 Å². The van der Waals surface area contributed by atoms with Gasteiger partial charge in [0.25, 0.3) is 0 Å². The number of hydrogen-bond acceptors (Lipinski definition) is 6. The van der Waals surface area contributed by atoms with Gasteiger partial charge in [0.2, 0.25) is 0 Å². The van der Waals surface area contributed by atoms with Crippen LogP contribution < -0.4 is 14.2 Å². The summed E-state index contributed by atoms with van der Waals surface area (Å²) in [4.78, 5) is 11.8. The van der Waals surface area contributed by atoms with E-state index in [4.69, 9.17) is 30.5 Å². The Morgan fingerprint density at radius 1 is 1.16 bits per heavy atom. The Hall–Kier alpha value is -3.17. The number of methoxy groups -OCH3 is 1. The Kier molecular flexibility index (Phi) is 9.90. The lowest BCUT2D eigenvalue weighted by molar-refractivity contribution is -0.137. The Morgan fingerprint density at radius 3 is 2.44 bits per heavy atom. The Morgan fingerprint density at radius 2 is 1.84 bits per heavy atom. The third-order valence-corrected chi connectivity index (χ3v) is 5.12. The summed E-state index contributed by atoms with van der Waals surface area (Å²) >= 11 is 6.36. The van der Waals surface area contributed by atoms with Gasteiger partial charge in [0.15, 0.2) is 11.5 Å². The average molecular weight is 458 g/mol. The summed E-state index contributed by atoms with van der Waals surface area (Å²) in [6, 6.07) is 13.1. The average Bonchev–Trinajstić information content (AvgIpc) is 2.80. The van der Waals surface area contributed by atoms with E-state index >= 15 is 0 Å². The van der Waals surface area contributed by atoms with Gasteiger partial charge in [-0.1, -0.05) is 37.6 Å². The number of carbonyl (C=O) groups excluding carboxylic acids is 1. The predicted octanol–water partition coefficient (Wildman–Crippen LogP) is 5.79. The van der Waals surface area contributed by atoms with Crippen molar-refractivity contribution < 1.29 is 23.7 Å². The van der Waals surface area contributed by atoms with E-state index in [1.165, 1.54) is 18.7 Å². The maximum atomic E-state index is 11.8. The molecule has 0 amide bonds. The monoisotopic (exact) mass is 457 g/mol. The minimum absolute atomic E-state index is 0.133. The third-order valence-electron chi connectivity index (χ3n) is 4.84. The Balaban J connectivity index is 2.03. The molecule has 0 fully saturated rings. The molecule has 1 atom stereocenters. The normalized spacial score (nSPS) is 11.9. The van der Waals surface area contributed by atoms with Crippen LogP contribution in [0.15, 0.2) is 42.0 Å². The molecule has 6 nitrogen and oxygen atoms in total. The largest absolute Gasteiger partial charge is 0.493 e. The van der Waals surface area contributed by atoms with Crippen LogP contribution in [0.1, 0.15) is 44.2 Å². The number of halogens is 1. The van der Waals surface area contributed by atoms with Crippen LogP contribution in [0.3, 0.4) is 0 Å². The molecule has 0 unspecified atom stereocenters. The number of benzene rings is 2. The lowest BCUT2D eigenvalue weighted by atomic mass is 9.99. The van der Waals surface area contributed by atoms with E-state index in [1.54, 1.807) is 19.1 Å². The smallest absolute Gasteiger partial charge is 0.348 e. The Labute approximate surface area is 194 Å². The second kappa shape index (κ2) is 12.6. The lowest BCUT2D eigenvalue weighted by Crippen LogP contribution is -2.10. The molecule has 0 aliphatic heterocycles. The van der Waals surface area contributed by atoms with Gasteiger partial charge in [-0.05, 0) is 60.7 Å². The predicted molar refractivity (Wildman–Crippen MR) is 124 cm³/mol. The highest BCUT2D eigenvalue weighted by molar-refractivity contribution is 6.32. The molecule has 0 saturated carbocycles. The molecule has 0 N–H and O–H groups in total. The number of carbonyl (C=O) groups is 1. The van der Waals surface area contributed by atoms with Gasteiger partial charge in [0.05, 0.1) is 18.7 Å². The van der Waals surface area contributed by atoms with Gasteiger partial charge in [-0.15, -0.1) is 0 Å². The molecule has 0 aliphatic rings. The van der Waals surface area contributed by atoms with Crippen molar-refractivity contribution in [2.45, 2.75) is 33.1 Å². The fourth-order valence-corrected chi connectivity index (χ4v) is 3.18. The molecule has 2 rings (SSSR count). The van der Waals surface area contributed by atoms with Crippen molar-refractivity contribution >= 4 is 23.6 Å². The zero-order chi connectivity index (χ0) is 23.5. The number of hydrogen-bond donors (Lipinski definition) is 0. The van der Waals surface area contributed by atoms with Crippen molar-refractivity contribution in [3.8, 4) is 23.3 Å². The highest BCUT2D eigenvalue weighted by atomic mass is 35.5. The molecule has 0 bridgehead atoms. The molecule has 0 heterocycles. The second-order valence-corrected chi connectivity index (χ2v) is 7.41. The Bertz CT molecular complexity index is 979. The first-order chi connectivity index (χ1) is 15.4. The van der Waals surface area contributed by atoms with E-state index < -0.39 is 5.97 Å². The van der Waals surface area contributed by atoms with Crippen LogP contribution >= 0.6 is 11.6 Å². The molecule has 0 radical (unpaired) electrons. The summed E-state index contributed by atoms with van der Waals surface area (Å²) in [6.07, 6.45) is 2.48. The molecule has 2 aromatic rings. The SMILES string of the molecule is CCOC(=O)/C(C#N)=C/c1cc(Cl)c(OCCOc2ccc([C@H](C)CC)cc2)c(OC)c1. The number of nitrogens with zero attached hydrogens (tertiary/aromatic N) is 1. The maximum Gasteiger partial charge on any atom is 0.348 e. The van der Waals surface area contributed by atoms with Crippen LogP contribution in [-0.2, 0) is 9.53 Å². The van der Waals surface area contributed by atoms with Crippen molar-refractivity contribution in [1.29, 1.82) is 5.26 Å². The van der Waals surface area contributed by atoms with Crippen molar-refractivity contribution in [2.75, 3.05) is 26.9 Å². The first-order valence-corrected chi connectivity index (χ1v) is 10.8. The van der Waals surface area contributed by atoms with Crippen molar-refractivity contribution in [1.82, 2.24) is 0 Å². The number of nitriles is 1. The molecule has 0 aromatic heterocycles. The van der Waals surface area contributed by atoms with Crippen LogP contribution in [0.5, 0.6) is 17.2 Å². The zero-order valence-corrected chi connectivity index (χ0v) is 19.6. The summed E-state index contributed by atoms with van der Waals surface area (Å²) in [6.45, 7) is 6.79. The van der Waals surface area contributed by atoms with Gasteiger partial charge >= 0.3 is 5.97 Å². The molecule has 2 aromatic carbocycles. The number of esters is 1. The zero-order valence-electron chi connectivity index (χ0n) is 18.8. The van der Waals surface area contributed by atoms with Gasteiger partial charge in [0.1, 0.15) is 30.6 Å². The fourth-order valence-electron chi connectivity index (χ4n) is 2.91. The minimum Gasteiger partial charge on any atom is -0.493 e. The van der Waals surface area contributed by atoms with Gasteiger partial charge in [-0.3, -0.25) is 0 Å². The molecule has 170 valence electrons. The molecular weight excluding hydrogens is 430 g/mol. The van der Waals surface area contributed by atoms with E-state index in [1.807, 2.05) is 18.2 Å². The quantitative estimate of drug-likeness (QED) is 0.184. The van der Waals surface area contributed by atoms with E-state index in [-0.39, 0.29) is 23.8 Å². The van der Waals surface area contributed by atoms with Crippen molar-refractivity contribution in [2.24, 2.45) is 0 Å². The van der Waals surface area contributed by atoms with Crippen molar-refractivity contribution in [3.63, 3.8) is 0 Å². The first kappa shape index (κ1) is 25.1. The van der Waals surface area contributed by atoms with Crippen LogP contribution in [0.2, 0.25) is 5.02 Å². The topological polar surface area (TPSA) is 77.8 Å². The first-order valence-electron chi connectivity index (χ1n) is 10.4. The van der Waals surface area contributed by atoms with Crippen LogP contribution in [0, 0.1) is 11.3 Å². The summed E-state index contributed by atoms with van der Waals surface area (Å²) in [7, 11) is 1.48. The molecule has 7 heteroatoms. The summed E-state index contributed by atoms with van der Waals surface area (Å²) in [5.74, 6) is 1.32. The molecule has 0 spiro atoms. The van der Waals surface area contributed by atoms with E-state index in [0.717, 1.165) is 12.2 Å². The summed E-state index contributed by atoms with van der Waals surface area (Å²) < 4.78 is 21.8. The van der Waals surface area contributed by atoms with Crippen LogP contribution in [0.4, 0.5) is 0 Å². The molecule has 0 aliphatic carbocycles. The lowest BCUT2D eigenvalue weighted by Gasteiger charge is -2.14. The molecule has 32 heavy (non-hydrogen) atoms. The molecule has 0 saturated heterocycles. The third kappa shape index (κ3) is 6.93. The maximum absolute atomic E-state index is 11.8. The van der Waals surface area contributed by atoms with Gasteiger partial charge in [-0.25, -0.2) is 4.79 Å². The second-order valence-electron chi connectivity index (χ2n) is 7.00. The van der Waals surface area contributed by atoms with E-state index in [2.05, 4.69) is 26.0 Å². The molecular formula is C25H28ClNO5. The summed E-state index contributed by atoms with van der Waals surface area (Å²) in [5, 5.41) is 9.49. The minimum atomic E-state index is -0.695. The van der Waals surface area contributed by atoms with E-state index in [0.29, 0.717) is 29.6 Å². The van der Waals surface area contributed by atoms with Crippen molar-refractivity contribution in [3.05, 3.63) is 58.1 Å². The highest BCUT2D eigenvalue weighted by Gasteiger charge is 2.15. The standard InChI is InChI=1S/C25H28ClNO5/c1-5-17(3)19-7-9-21(10-8-19)31-11-12-32-24-22(26)14-18(15-23(24)29-4)13-20(16-27)25(28)30-6-2/h7-10,13-15,17H,5-6,11-12H2,1-4H3/b20-13+/t17-/m1/s1. The fraction of sp³-hybridized carbons (Fsp3) is 0.360. The summed E-state index contributed by atoms with van der Waals surface area (Å²) in [5.41, 5.74) is 1.66. The van der Waals surface area contributed by atoms with Gasteiger partial charge in [0, 0.05) is 0 Å². The highest BCUT2D eigenvalue weighted by Crippen LogP contribution is 2.37. The number of ether oxygens (including phenoxy) is 4.